The number of hydrogen-bond acceptors (Lipinski definition) is 4. The van der Waals surface area contributed by atoms with Crippen molar-refractivity contribution in [3.05, 3.63) is 35.1 Å². The Morgan fingerprint density at radius 1 is 1.39 bits per heavy atom. The first-order valence-electron chi connectivity index (χ1n) is 5.10. The van der Waals surface area contributed by atoms with Crippen molar-refractivity contribution in [2.24, 2.45) is 0 Å². The van der Waals surface area contributed by atoms with E-state index in [1.165, 1.54) is 0 Å². The summed E-state index contributed by atoms with van der Waals surface area (Å²) in [6.07, 6.45) is 0. The average molecular weight is 284 g/mol. The lowest BCUT2D eigenvalue weighted by Gasteiger charge is -2.07. The molecule has 0 aliphatic carbocycles. The van der Waals surface area contributed by atoms with Gasteiger partial charge in [0.2, 0.25) is 0 Å². The van der Waals surface area contributed by atoms with Gasteiger partial charge in [0.25, 0.3) is 0 Å². The van der Waals surface area contributed by atoms with Crippen LogP contribution in [0.1, 0.15) is 5.82 Å². The van der Waals surface area contributed by atoms with E-state index in [2.05, 4.69) is 10.2 Å². The van der Waals surface area contributed by atoms with Crippen LogP contribution in [0, 0.1) is 6.92 Å². The standard InChI is InChI=1S/C11H10ClN3O2S/c1-7-13-14-11(18-6-10(16)17)15(7)9-4-2-8(12)3-5-9/h2-5H,6H2,1H3,(H,16,17). The summed E-state index contributed by atoms with van der Waals surface area (Å²) in [5.74, 6) is -0.236. The molecule has 2 rings (SSSR count). The van der Waals surface area contributed by atoms with Crippen molar-refractivity contribution < 1.29 is 9.90 Å². The predicted molar refractivity (Wildman–Crippen MR) is 69.5 cm³/mol. The van der Waals surface area contributed by atoms with Gasteiger partial charge >= 0.3 is 5.97 Å². The van der Waals surface area contributed by atoms with E-state index in [1.807, 2.05) is 19.1 Å². The molecule has 1 heterocycles. The molecule has 0 unspecified atom stereocenters. The first kappa shape index (κ1) is 12.9. The minimum absolute atomic E-state index is 0.0499. The van der Waals surface area contributed by atoms with Gasteiger partial charge in [-0.15, -0.1) is 10.2 Å². The normalized spacial score (nSPS) is 10.6. The van der Waals surface area contributed by atoms with Gasteiger partial charge in [-0.2, -0.15) is 0 Å². The lowest BCUT2D eigenvalue weighted by molar-refractivity contribution is -0.133. The summed E-state index contributed by atoms with van der Waals surface area (Å²) in [4.78, 5) is 10.6. The third-order valence-electron chi connectivity index (χ3n) is 2.20. The van der Waals surface area contributed by atoms with Crippen LogP contribution in [0.3, 0.4) is 0 Å². The fraction of sp³-hybridized carbons (Fsp3) is 0.182. The highest BCUT2D eigenvalue weighted by molar-refractivity contribution is 7.99. The number of carboxylic acids is 1. The van der Waals surface area contributed by atoms with E-state index in [1.54, 1.807) is 16.7 Å². The second-order valence-electron chi connectivity index (χ2n) is 3.52. The van der Waals surface area contributed by atoms with Crippen LogP contribution in [0.25, 0.3) is 5.69 Å². The second-order valence-corrected chi connectivity index (χ2v) is 4.90. The van der Waals surface area contributed by atoms with Crippen molar-refractivity contribution in [1.29, 1.82) is 0 Å². The number of rotatable bonds is 4. The Kier molecular flexibility index (Phi) is 3.88. The average Bonchev–Trinajstić information content (AvgIpc) is 2.69. The van der Waals surface area contributed by atoms with Gasteiger partial charge in [-0.25, -0.2) is 0 Å². The molecule has 94 valence electrons. The summed E-state index contributed by atoms with van der Waals surface area (Å²) < 4.78 is 1.80. The molecule has 1 N–H and O–H groups in total. The van der Waals surface area contributed by atoms with Crippen molar-refractivity contribution in [3.8, 4) is 5.69 Å². The van der Waals surface area contributed by atoms with Crippen LogP contribution in [0.5, 0.6) is 0 Å². The summed E-state index contributed by atoms with van der Waals surface area (Å²) in [7, 11) is 0. The number of aryl methyl sites for hydroxylation is 1. The van der Waals surface area contributed by atoms with E-state index in [0.717, 1.165) is 17.4 Å². The molecule has 0 bridgehead atoms. The first-order valence-corrected chi connectivity index (χ1v) is 6.47. The molecule has 0 fully saturated rings. The van der Waals surface area contributed by atoms with Gasteiger partial charge in [0.15, 0.2) is 5.16 Å². The Bertz CT molecular complexity index is 568. The van der Waals surface area contributed by atoms with Crippen LogP contribution in [0.4, 0.5) is 0 Å². The molecule has 5 nitrogen and oxygen atoms in total. The largest absolute Gasteiger partial charge is 0.481 e. The molecule has 0 spiro atoms. The molecule has 1 aromatic heterocycles. The fourth-order valence-corrected chi connectivity index (χ4v) is 2.29. The third-order valence-corrected chi connectivity index (χ3v) is 3.37. The highest BCUT2D eigenvalue weighted by Crippen LogP contribution is 2.22. The minimum atomic E-state index is -0.886. The number of nitrogens with zero attached hydrogens (tertiary/aromatic N) is 3. The van der Waals surface area contributed by atoms with Gasteiger partial charge in [-0.3, -0.25) is 9.36 Å². The van der Waals surface area contributed by atoms with E-state index < -0.39 is 5.97 Å². The Hall–Kier alpha value is -1.53. The molecule has 1 aromatic carbocycles. The number of thioether (sulfide) groups is 1. The van der Waals surface area contributed by atoms with Crippen molar-refractivity contribution in [1.82, 2.24) is 14.8 Å². The first-order chi connectivity index (χ1) is 8.58. The highest BCUT2D eigenvalue weighted by Gasteiger charge is 2.12. The van der Waals surface area contributed by atoms with Gasteiger partial charge in [-0.05, 0) is 31.2 Å². The van der Waals surface area contributed by atoms with Gasteiger partial charge in [0, 0.05) is 10.7 Å². The maximum atomic E-state index is 10.6. The second kappa shape index (κ2) is 5.41. The summed E-state index contributed by atoms with van der Waals surface area (Å²) in [6.45, 7) is 1.81. The zero-order valence-corrected chi connectivity index (χ0v) is 11.1. The Labute approximate surface area is 113 Å². The van der Waals surface area contributed by atoms with E-state index >= 15 is 0 Å². The summed E-state index contributed by atoms with van der Waals surface area (Å²) in [5.41, 5.74) is 0.856. The summed E-state index contributed by atoms with van der Waals surface area (Å²) >= 11 is 6.96. The van der Waals surface area contributed by atoms with Crippen molar-refractivity contribution in [2.75, 3.05) is 5.75 Å². The molecular weight excluding hydrogens is 274 g/mol. The SMILES string of the molecule is Cc1nnc(SCC(=O)O)n1-c1ccc(Cl)cc1. The number of hydrogen-bond donors (Lipinski definition) is 1. The number of carboxylic acid groups (broad SMARTS) is 1. The van der Waals surface area contributed by atoms with Crippen molar-refractivity contribution in [2.45, 2.75) is 12.1 Å². The van der Waals surface area contributed by atoms with Gasteiger partial charge in [0.1, 0.15) is 5.82 Å². The third kappa shape index (κ3) is 2.83. The van der Waals surface area contributed by atoms with Crippen LogP contribution in [0.15, 0.2) is 29.4 Å². The van der Waals surface area contributed by atoms with Crippen LogP contribution >= 0.6 is 23.4 Å². The smallest absolute Gasteiger partial charge is 0.313 e. The quantitative estimate of drug-likeness (QED) is 0.873. The Morgan fingerprint density at radius 2 is 2.06 bits per heavy atom. The molecule has 0 saturated carbocycles. The number of aromatic nitrogens is 3. The topological polar surface area (TPSA) is 68.0 Å². The molecule has 0 atom stereocenters. The zero-order valence-electron chi connectivity index (χ0n) is 9.50. The van der Waals surface area contributed by atoms with E-state index in [9.17, 15) is 4.79 Å². The number of benzene rings is 1. The monoisotopic (exact) mass is 283 g/mol. The lowest BCUT2D eigenvalue weighted by Crippen LogP contribution is -2.02. The van der Waals surface area contributed by atoms with Crippen molar-refractivity contribution in [3.63, 3.8) is 0 Å². The highest BCUT2D eigenvalue weighted by atomic mass is 35.5. The van der Waals surface area contributed by atoms with Gasteiger partial charge in [0.05, 0.1) is 5.75 Å². The van der Waals surface area contributed by atoms with Gasteiger partial charge in [-0.1, -0.05) is 23.4 Å². The Morgan fingerprint density at radius 3 is 2.67 bits per heavy atom. The maximum Gasteiger partial charge on any atom is 0.313 e. The Balaban J connectivity index is 2.34. The van der Waals surface area contributed by atoms with E-state index in [-0.39, 0.29) is 5.75 Å². The molecule has 0 radical (unpaired) electrons. The summed E-state index contributed by atoms with van der Waals surface area (Å²) in [6, 6.07) is 7.21. The van der Waals surface area contributed by atoms with E-state index in [0.29, 0.717) is 16.0 Å². The van der Waals surface area contributed by atoms with Gasteiger partial charge < -0.3 is 5.11 Å². The molecule has 0 saturated heterocycles. The molecule has 7 heteroatoms. The molecule has 0 amide bonds. The lowest BCUT2D eigenvalue weighted by atomic mass is 10.3. The van der Waals surface area contributed by atoms with Crippen LogP contribution in [-0.2, 0) is 4.79 Å². The molecule has 0 aliphatic rings. The zero-order chi connectivity index (χ0) is 13.1. The van der Waals surface area contributed by atoms with E-state index in [4.69, 9.17) is 16.7 Å². The van der Waals surface area contributed by atoms with Crippen molar-refractivity contribution >= 4 is 29.3 Å². The molecular formula is C11H10ClN3O2S. The van der Waals surface area contributed by atoms with Crippen LogP contribution < -0.4 is 0 Å². The molecule has 18 heavy (non-hydrogen) atoms. The fourth-order valence-electron chi connectivity index (χ4n) is 1.45. The minimum Gasteiger partial charge on any atom is -0.481 e. The van der Waals surface area contributed by atoms with Crippen LogP contribution in [-0.4, -0.2) is 31.6 Å². The molecule has 0 aliphatic heterocycles. The number of carbonyl (C=O) groups is 1. The summed E-state index contributed by atoms with van der Waals surface area (Å²) in [5, 5.41) is 17.8. The molecule has 2 aromatic rings. The van der Waals surface area contributed by atoms with Crippen LogP contribution in [0.2, 0.25) is 5.02 Å². The predicted octanol–water partition coefficient (Wildman–Crippen LogP) is 2.41. The maximum absolute atomic E-state index is 10.6. The number of aliphatic carboxylic acids is 1. The number of halogens is 1.